The van der Waals surface area contributed by atoms with Crippen molar-refractivity contribution in [3.8, 4) is 0 Å². The summed E-state index contributed by atoms with van der Waals surface area (Å²) in [5.41, 5.74) is 0. The molecule has 1 heterocycles. The van der Waals surface area contributed by atoms with Gasteiger partial charge in [0.2, 0.25) is 11.8 Å². The molecule has 0 unspecified atom stereocenters. The Kier molecular flexibility index (Phi) is 8.68. The van der Waals surface area contributed by atoms with Crippen molar-refractivity contribution in [1.82, 2.24) is 15.5 Å². The number of carbonyl (C=O) groups excluding carboxylic acids is 2. The molecule has 0 radical (unpaired) electrons. The van der Waals surface area contributed by atoms with Crippen molar-refractivity contribution in [2.75, 3.05) is 26.7 Å². The highest BCUT2D eigenvalue weighted by Crippen LogP contribution is 2.29. The van der Waals surface area contributed by atoms with Crippen LogP contribution >= 0.6 is 12.4 Å². The van der Waals surface area contributed by atoms with Gasteiger partial charge in [-0.25, -0.2) is 0 Å². The van der Waals surface area contributed by atoms with Crippen molar-refractivity contribution in [2.24, 2.45) is 17.8 Å². The summed E-state index contributed by atoms with van der Waals surface area (Å²) in [4.78, 5) is 27.1. The minimum atomic E-state index is 0. The maximum absolute atomic E-state index is 12.8. The third-order valence-corrected chi connectivity index (χ3v) is 6.57. The Morgan fingerprint density at radius 2 is 1.50 bits per heavy atom. The molecule has 0 atom stereocenters. The number of nitrogens with zero attached hydrogens (tertiary/aromatic N) is 1. The molecule has 0 bridgehead atoms. The number of halogens is 1. The molecule has 1 aliphatic heterocycles. The van der Waals surface area contributed by atoms with Crippen LogP contribution in [0.15, 0.2) is 0 Å². The summed E-state index contributed by atoms with van der Waals surface area (Å²) in [7, 11) is 2.00. The highest BCUT2D eigenvalue weighted by Gasteiger charge is 2.32. The zero-order valence-corrected chi connectivity index (χ0v) is 17.0. The second-order valence-electron chi connectivity index (χ2n) is 8.36. The molecule has 2 aliphatic carbocycles. The van der Waals surface area contributed by atoms with E-state index in [2.05, 4.69) is 15.5 Å². The van der Waals surface area contributed by atoms with Crippen LogP contribution in [0, 0.1) is 17.8 Å². The number of rotatable bonds is 5. The van der Waals surface area contributed by atoms with Crippen LogP contribution in [0.25, 0.3) is 0 Å². The van der Waals surface area contributed by atoms with E-state index in [-0.39, 0.29) is 30.2 Å². The SMILES string of the molecule is CNCC1CCN(C(=O)C2CCC(NC(=O)C3CCCC3)CC2)CC1.Cl. The van der Waals surface area contributed by atoms with Crippen LogP contribution in [0.2, 0.25) is 0 Å². The van der Waals surface area contributed by atoms with Gasteiger partial charge in [0.25, 0.3) is 0 Å². The number of hydrogen-bond acceptors (Lipinski definition) is 3. The van der Waals surface area contributed by atoms with Crippen molar-refractivity contribution in [1.29, 1.82) is 0 Å². The van der Waals surface area contributed by atoms with Crippen LogP contribution in [0.4, 0.5) is 0 Å². The van der Waals surface area contributed by atoms with Gasteiger partial charge in [0, 0.05) is 31.0 Å². The van der Waals surface area contributed by atoms with Crippen LogP contribution in [0.1, 0.15) is 64.2 Å². The zero-order chi connectivity index (χ0) is 17.6. The molecule has 5 nitrogen and oxygen atoms in total. The second kappa shape index (κ2) is 10.5. The topological polar surface area (TPSA) is 61.4 Å². The molecule has 2 amide bonds. The van der Waals surface area contributed by atoms with E-state index in [0.717, 1.165) is 76.9 Å². The molecular weight excluding hydrogens is 350 g/mol. The van der Waals surface area contributed by atoms with Gasteiger partial charge in [-0.2, -0.15) is 0 Å². The average molecular weight is 386 g/mol. The van der Waals surface area contributed by atoms with Gasteiger partial charge >= 0.3 is 0 Å². The van der Waals surface area contributed by atoms with Crippen molar-refractivity contribution < 1.29 is 9.59 Å². The summed E-state index contributed by atoms with van der Waals surface area (Å²) in [6.45, 7) is 2.90. The molecule has 3 aliphatic rings. The second-order valence-corrected chi connectivity index (χ2v) is 8.36. The van der Waals surface area contributed by atoms with Crippen molar-refractivity contribution in [3.63, 3.8) is 0 Å². The molecule has 0 aromatic rings. The molecule has 1 saturated heterocycles. The lowest BCUT2D eigenvalue weighted by Crippen LogP contribution is -2.46. The summed E-state index contributed by atoms with van der Waals surface area (Å²) in [6, 6.07) is 0.290. The van der Waals surface area contributed by atoms with Crippen molar-refractivity contribution >= 4 is 24.2 Å². The molecular formula is C20H36ClN3O2. The van der Waals surface area contributed by atoms with E-state index in [1.54, 1.807) is 0 Å². The van der Waals surface area contributed by atoms with Gasteiger partial charge in [-0.3, -0.25) is 9.59 Å². The van der Waals surface area contributed by atoms with Crippen LogP contribution in [0.5, 0.6) is 0 Å². The predicted octanol–water partition coefficient (Wildman–Crippen LogP) is 2.73. The van der Waals surface area contributed by atoms with E-state index in [1.807, 2.05) is 7.05 Å². The lowest BCUT2D eigenvalue weighted by molar-refractivity contribution is -0.138. The van der Waals surface area contributed by atoms with E-state index >= 15 is 0 Å². The largest absolute Gasteiger partial charge is 0.353 e. The van der Waals surface area contributed by atoms with Crippen molar-refractivity contribution in [2.45, 2.75) is 70.3 Å². The number of nitrogens with one attached hydrogen (secondary N) is 2. The third-order valence-electron chi connectivity index (χ3n) is 6.57. The fourth-order valence-corrected chi connectivity index (χ4v) is 4.90. The summed E-state index contributed by atoms with van der Waals surface area (Å²) < 4.78 is 0. The highest BCUT2D eigenvalue weighted by molar-refractivity contribution is 5.85. The van der Waals surface area contributed by atoms with E-state index in [0.29, 0.717) is 11.9 Å². The number of amides is 2. The van der Waals surface area contributed by atoms with E-state index in [1.165, 1.54) is 12.8 Å². The Bertz CT molecular complexity index is 452. The fourth-order valence-electron chi connectivity index (χ4n) is 4.90. The third kappa shape index (κ3) is 5.59. The highest BCUT2D eigenvalue weighted by atomic mass is 35.5. The van der Waals surface area contributed by atoms with Gasteiger partial charge in [-0.1, -0.05) is 12.8 Å². The first-order chi connectivity index (χ1) is 12.2. The molecule has 2 N–H and O–H groups in total. The van der Waals surface area contributed by atoms with Gasteiger partial charge in [0.15, 0.2) is 0 Å². The minimum Gasteiger partial charge on any atom is -0.353 e. The van der Waals surface area contributed by atoms with E-state index in [4.69, 9.17) is 0 Å². The van der Waals surface area contributed by atoms with Gasteiger partial charge < -0.3 is 15.5 Å². The molecule has 3 rings (SSSR count). The van der Waals surface area contributed by atoms with Crippen LogP contribution in [0.3, 0.4) is 0 Å². The van der Waals surface area contributed by atoms with Crippen LogP contribution in [-0.2, 0) is 9.59 Å². The predicted molar refractivity (Wildman–Crippen MR) is 106 cm³/mol. The zero-order valence-electron chi connectivity index (χ0n) is 16.2. The average Bonchev–Trinajstić information content (AvgIpc) is 3.18. The maximum atomic E-state index is 12.8. The van der Waals surface area contributed by atoms with E-state index in [9.17, 15) is 9.59 Å². The standard InChI is InChI=1S/C20H35N3O2.ClH/c1-21-14-15-10-12-23(13-11-15)20(25)17-6-8-18(9-7-17)22-19(24)16-4-2-3-5-16;/h15-18,21H,2-14H2,1H3,(H,22,24);1H. The first-order valence-electron chi connectivity index (χ1n) is 10.4. The Labute approximate surface area is 164 Å². The van der Waals surface area contributed by atoms with Gasteiger partial charge in [-0.15, -0.1) is 12.4 Å². The lowest BCUT2D eigenvalue weighted by Gasteiger charge is -2.36. The summed E-state index contributed by atoms with van der Waals surface area (Å²) >= 11 is 0. The monoisotopic (exact) mass is 385 g/mol. The molecule has 3 fully saturated rings. The quantitative estimate of drug-likeness (QED) is 0.764. The fraction of sp³-hybridized carbons (Fsp3) is 0.900. The Morgan fingerprint density at radius 1 is 0.885 bits per heavy atom. The molecule has 2 saturated carbocycles. The first kappa shape index (κ1) is 21.5. The Balaban J connectivity index is 0.00000243. The number of hydrogen-bond donors (Lipinski definition) is 2. The summed E-state index contributed by atoms with van der Waals surface area (Å²) in [5, 5.41) is 6.50. The Morgan fingerprint density at radius 3 is 2.08 bits per heavy atom. The van der Waals surface area contributed by atoms with E-state index < -0.39 is 0 Å². The molecule has 150 valence electrons. The molecule has 26 heavy (non-hydrogen) atoms. The maximum Gasteiger partial charge on any atom is 0.225 e. The number of carbonyl (C=O) groups is 2. The molecule has 0 aromatic carbocycles. The van der Waals surface area contributed by atoms with Crippen LogP contribution in [-0.4, -0.2) is 49.4 Å². The minimum absolute atomic E-state index is 0. The first-order valence-corrected chi connectivity index (χ1v) is 10.4. The van der Waals surface area contributed by atoms with Crippen LogP contribution < -0.4 is 10.6 Å². The van der Waals surface area contributed by atoms with Gasteiger partial charge in [0.1, 0.15) is 0 Å². The smallest absolute Gasteiger partial charge is 0.225 e. The number of likely N-dealkylation sites (tertiary alicyclic amines) is 1. The van der Waals surface area contributed by atoms with Gasteiger partial charge in [0.05, 0.1) is 0 Å². The van der Waals surface area contributed by atoms with Crippen molar-refractivity contribution in [3.05, 3.63) is 0 Å². The number of piperidine rings is 1. The molecule has 0 aromatic heterocycles. The lowest BCUT2D eigenvalue weighted by atomic mass is 9.84. The molecule has 0 spiro atoms. The summed E-state index contributed by atoms with van der Waals surface area (Å²) in [6.07, 6.45) is 10.6. The normalized spacial score (nSPS) is 27.8. The van der Waals surface area contributed by atoms with Gasteiger partial charge in [-0.05, 0) is 70.9 Å². The molecule has 6 heteroatoms. The Hall–Kier alpha value is -0.810. The summed E-state index contributed by atoms with van der Waals surface area (Å²) in [5.74, 6) is 1.77.